The Morgan fingerprint density at radius 1 is 1.23 bits per heavy atom. The van der Waals surface area contributed by atoms with Crippen LogP contribution in [-0.2, 0) is 42.1 Å². The van der Waals surface area contributed by atoms with Gasteiger partial charge in [-0.2, -0.15) is 4.31 Å². The molecule has 0 atom stereocenters. The summed E-state index contributed by atoms with van der Waals surface area (Å²) in [5.74, 6) is 0.145. The highest BCUT2D eigenvalue weighted by Gasteiger charge is 2.27. The Hall–Kier alpha value is -2.50. The van der Waals surface area contributed by atoms with Crippen molar-refractivity contribution in [2.75, 3.05) is 40.0 Å². The normalized spacial score (nSPS) is 15.2. The van der Waals surface area contributed by atoms with Crippen LogP contribution < -0.4 is 5.32 Å². The van der Waals surface area contributed by atoms with Crippen LogP contribution in [-0.4, -0.2) is 74.1 Å². The first-order valence-electron chi connectivity index (χ1n) is 10.3. The molecule has 2 aromatic rings. The summed E-state index contributed by atoms with van der Waals surface area (Å²) in [6.07, 6.45) is 0.734. The number of nitrogens with one attached hydrogen (secondary N) is 1. The van der Waals surface area contributed by atoms with Gasteiger partial charge in [-0.1, -0.05) is 0 Å². The van der Waals surface area contributed by atoms with Crippen LogP contribution in [0.4, 0.5) is 0 Å². The summed E-state index contributed by atoms with van der Waals surface area (Å²) >= 11 is 0. The summed E-state index contributed by atoms with van der Waals surface area (Å²) < 4.78 is 39.0. The number of rotatable bonds is 9. The van der Waals surface area contributed by atoms with Crippen LogP contribution in [0.15, 0.2) is 23.1 Å². The second-order valence-electron chi connectivity index (χ2n) is 7.12. The van der Waals surface area contributed by atoms with Crippen LogP contribution in [0, 0.1) is 0 Å². The third-order valence-corrected chi connectivity index (χ3v) is 7.07. The van der Waals surface area contributed by atoms with E-state index in [4.69, 9.17) is 4.74 Å². The maximum absolute atomic E-state index is 12.9. The summed E-state index contributed by atoms with van der Waals surface area (Å²) in [6.45, 7) is 4.28. The van der Waals surface area contributed by atoms with E-state index >= 15 is 0 Å². The van der Waals surface area contributed by atoms with Gasteiger partial charge in [0.05, 0.1) is 42.7 Å². The number of esters is 1. The first-order chi connectivity index (χ1) is 14.9. The second kappa shape index (κ2) is 10.2. The quantitative estimate of drug-likeness (QED) is 0.556. The van der Waals surface area contributed by atoms with Crippen LogP contribution >= 0.6 is 0 Å². The van der Waals surface area contributed by atoms with Crippen molar-refractivity contribution in [1.82, 2.24) is 19.2 Å². The zero-order valence-electron chi connectivity index (χ0n) is 17.8. The predicted molar refractivity (Wildman–Crippen MR) is 113 cm³/mol. The topological polar surface area (TPSA) is 120 Å². The lowest BCUT2D eigenvalue weighted by Crippen LogP contribution is -2.40. The first-order valence-corrected chi connectivity index (χ1v) is 11.7. The highest BCUT2D eigenvalue weighted by atomic mass is 32.2. The molecule has 1 aromatic heterocycles. The molecule has 0 unspecified atom stereocenters. The minimum absolute atomic E-state index is 0.121. The Labute approximate surface area is 181 Å². The largest absolute Gasteiger partial charge is 0.469 e. The number of aryl methyl sites for hydroxylation is 2. The molecule has 1 aliphatic rings. The monoisotopic (exact) mass is 452 g/mol. The number of carbonyl (C=O) groups excluding carboxylic acids is 2. The van der Waals surface area contributed by atoms with Gasteiger partial charge in [-0.05, 0) is 25.1 Å². The fraction of sp³-hybridized carbons (Fsp3) is 0.550. The molecule has 0 spiro atoms. The third-order valence-electron chi connectivity index (χ3n) is 5.18. The molecule has 2 heterocycles. The Balaban J connectivity index is 1.73. The van der Waals surface area contributed by atoms with E-state index in [9.17, 15) is 18.0 Å². The predicted octanol–water partition coefficient (Wildman–Crippen LogP) is 0.689. The first kappa shape index (κ1) is 23.2. The number of ether oxygens (including phenoxy) is 2. The minimum atomic E-state index is -3.61. The van der Waals surface area contributed by atoms with Gasteiger partial charge in [0.1, 0.15) is 5.82 Å². The van der Waals surface area contributed by atoms with Crippen LogP contribution in [0.25, 0.3) is 11.0 Å². The number of fused-ring (bicyclic) bond motifs is 1. The molecule has 11 heteroatoms. The Kier molecular flexibility index (Phi) is 7.63. The molecule has 0 aliphatic carbocycles. The molecule has 1 aliphatic heterocycles. The van der Waals surface area contributed by atoms with E-state index in [0.29, 0.717) is 50.6 Å². The van der Waals surface area contributed by atoms with Gasteiger partial charge in [0.2, 0.25) is 15.9 Å². The van der Waals surface area contributed by atoms with Crippen molar-refractivity contribution in [3.05, 3.63) is 24.0 Å². The van der Waals surface area contributed by atoms with Gasteiger partial charge in [-0.3, -0.25) is 9.59 Å². The molecular weight excluding hydrogens is 424 g/mol. The van der Waals surface area contributed by atoms with E-state index in [2.05, 4.69) is 15.0 Å². The number of sulfonamides is 1. The summed E-state index contributed by atoms with van der Waals surface area (Å²) in [4.78, 5) is 28.0. The molecule has 1 saturated heterocycles. The van der Waals surface area contributed by atoms with Gasteiger partial charge in [0, 0.05) is 39.0 Å². The zero-order valence-corrected chi connectivity index (χ0v) is 18.6. The maximum Gasteiger partial charge on any atom is 0.307 e. The maximum atomic E-state index is 12.9. The van der Waals surface area contributed by atoms with E-state index in [1.54, 1.807) is 18.2 Å². The summed E-state index contributed by atoms with van der Waals surface area (Å²) in [5, 5.41) is 2.68. The van der Waals surface area contributed by atoms with Crippen LogP contribution in [0.2, 0.25) is 0 Å². The molecular formula is C20H28N4O6S. The molecule has 1 aromatic carbocycles. The fourth-order valence-electron chi connectivity index (χ4n) is 3.52. The summed E-state index contributed by atoms with van der Waals surface area (Å²) in [5.41, 5.74) is 1.40. The fourth-order valence-corrected chi connectivity index (χ4v) is 4.95. The van der Waals surface area contributed by atoms with Crippen molar-refractivity contribution in [3.8, 4) is 0 Å². The van der Waals surface area contributed by atoms with E-state index in [1.807, 2.05) is 11.5 Å². The van der Waals surface area contributed by atoms with Crippen molar-refractivity contribution in [1.29, 1.82) is 0 Å². The van der Waals surface area contributed by atoms with Gasteiger partial charge in [0.15, 0.2) is 0 Å². The van der Waals surface area contributed by atoms with Crippen molar-refractivity contribution in [2.24, 2.45) is 0 Å². The molecule has 0 bridgehead atoms. The molecule has 3 rings (SSSR count). The lowest BCUT2D eigenvalue weighted by molar-refractivity contribution is -0.140. The lowest BCUT2D eigenvalue weighted by Gasteiger charge is -2.26. The minimum Gasteiger partial charge on any atom is -0.469 e. The van der Waals surface area contributed by atoms with Crippen molar-refractivity contribution in [2.45, 2.75) is 37.6 Å². The van der Waals surface area contributed by atoms with Crippen molar-refractivity contribution >= 4 is 32.9 Å². The molecule has 1 amide bonds. The van der Waals surface area contributed by atoms with Crippen LogP contribution in [0.1, 0.15) is 25.6 Å². The number of amides is 1. The smallest absolute Gasteiger partial charge is 0.307 e. The molecule has 31 heavy (non-hydrogen) atoms. The summed E-state index contributed by atoms with van der Waals surface area (Å²) in [7, 11) is -2.30. The van der Waals surface area contributed by atoms with Crippen LogP contribution in [0.3, 0.4) is 0 Å². The van der Waals surface area contributed by atoms with Gasteiger partial charge >= 0.3 is 5.97 Å². The lowest BCUT2D eigenvalue weighted by atomic mass is 10.2. The average Bonchev–Trinajstić information content (AvgIpc) is 3.14. The number of hydrogen-bond donors (Lipinski definition) is 1. The second-order valence-corrected chi connectivity index (χ2v) is 9.05. The van der Waals surface area contributed by atoms with Crippen LogP contribution in [0.5, 0.6) is 0 Å². The molecule has 1 fully saturated rings. The van der Waals surface area contributed by atoms with Crippen molar-refractivity contribution < 1.29 is 27.5 Å². The number of methoxy groups -OCH3 is 1. The number of nitrogens with zero attached hydrogens (tertiary/aromatic N) is 3. The van der Waals surface area contributed by atoms with Gasteiger partial charge < -0.3 is 19.4 Å². The van der Waals surface area contributed by atoms with Gasteiger partial charge in [0.25, 0.3) is 0 Å². The molecule has 10 nitrogen and oxygen atoms in total. The molecule has 1 N–H and O–H groups in total. The number of morpholine rings is 1. The Morgan fingerprint density at radius 3 is 2.65 bits per heavy atom. The molecule has 0 saturated carbocycles. The molecule has 0 radical (unpaired) electrons. The summed E-state index contributed by atoms with van der Waals surface area (Å²) in [6, 6.07) is 4.95. The number of aromatic nitrogens is 2. The third kappa shape index (κ3) is 5.41. The average molecular weight is 453 g/mol. The van der Waals surface area contributed by atoms with E-state index in [-0.39, 0.29) is 36.2 Å². The highest BCUT2D eigenvalue weighted by Crippen LogP contribution is 2.24. The molecule has 170 valence electrons. The Bertz CT molecular complexity index is 1040. The standard InChI is InChI=1S/C20H28N4O6S/c1-3-24-17-5-4-15(31(27,28)23-10-12-30-13-11-23)14-16(17)22-18(24)6-7-19(25)21-9-8-20(26)29-2/h4-5,14H,3,6-13H2,1-2H3,(H,21,25). The number of imidazole rings is 1. The SMILES string of the molecule is CCn1c(CCC(=O)NCCC(=O)OC)nc2cc(S(=O)(=O)N3CCOCC3)ccc21. The Morgan fingerprint density at radius 2 is 1.97 bits per heavy atom. The zero-order chi connectivity index (χ0) is 22.4. The number of hydrogen-bond acceptors (Lipinski definition) is 7. The number of carbonyl (C=O) groups is 2. The highest BCUT2D eigenvalue weighted by molar-refractivity contribution is 7.89. The van der Waals surface area contributed by atoms with Gasteiger partial charge in [-0.25, -0.2) is 13.4 Å². The van der Waals surface area contributed by atoms with E-state index in [1.165, 1.54) is 11.4 Å². The van der Waals surface area contributed by atoms with Crippen molar-refractivity contribution in [3.63, 3.8) is 0 Å². The van der Waals surface area contributed by atoms with E-state index in [0.717, 1.165) is 5.52 Å². The van der Waals surface area contributed by atoms with E-state index < -0.39 is 10.0 Å². The van der Waals surface area contributed by atoms with Gasteiger partial charge in [-0.15, -0.1) is 0 Å². The number of benzene rings is 1.